The summed E-state index contributed by atoms with van der Waals surface area (Å²) < 4.78 is 16.1. The largest absolute Gasteiger partial charge is 0.494 e. The van der Waals surface area contributed by atoms with Gasteiger partial charge in [0.1, 0.15) is 17.4 Å². The Hall–Kier alpha value is -3.46. The second kappa shape index (κ2) is 9.88. The minimum Gasteiger partial charge on any atom is -0.494 e. The maximum Gasteiger partial charge on any atom is 0.266 e. The molecule has 0 unspecified atom stereocenters. The highest BCUT2D eigenvalue weighted by Crippen LogP contribution is 2.29. The Bertz CT molecular complexity index is 851. The normalized spacial score (nSPS) is 10.7. The third-order valence-electron chi connectivity index (χ3n) is 3.59. The number of ether oxygens (including phenoxy) is 3. The van der Waals surface area contributed by atoms with Crippen molar-refractivity contribution in [3.05, 3.63) is 53.6 Å². The summed E-state index contributed by atoms with van der Waals surface area (Å²) in [5, 5.41) is 12.1. The number of nitriles is 1. The van der Waals surface area contributed by atoms with Crippen molar-refractivity contribution in [2.45, 2.75) is 13.8 Å². The van der Waals surface area contributed by atoms with Crippen molar-refractivity contribution in [2.24, 2.45) is 0 Å². The highest BCUT2D eigenvalue weighted by molar-refractivity contribution is 6.09. The van der Waals surface area contributed by atoms with E-state index in [0.717, 1.165) is 0 Å². The molecule has 0 spiro atoms. The molecule has 0 saturated carbocycles. The van der Waals surface area contributed by atoms with Crippen LogP contribution in [0.3, 0.4) is 0 Å². The molecule has 6 heteroatoms. The van der Waals surface area contributed by atoms with Crippen molar-refractivity contribution in [1.82, 2.24) is 0 Å². The minimum atomic E-state index is -0.490. The van der Waals surface area contributed by atoms with E-state index in [4.69, 9.17) is 14.2 Å². The zero-order valence-electron chi connectivity index (χ0n) is 15.6. The van der Waals surface area contributed by atoms with Crippen LogP contribution in [0.25, 0.3) is 6.08 Å². The molecule has 0 bridgehead atoms. The van der Waals surface area contributed by atoms with Gasteiger partial charge >= 0.3 is 0 Å². The van der Waals surface area contributed by atoms with Crippen LogP contribution in [-0.4, -0.2) is 26.2 Å². The molecule has 0 aliphatic carbocycles. The van der Waals surface area contributed by atoms with E-state index < -0.39 is 5.91 Å². The van der Waals surface area contributed by atoms with E-state index in [9.17, 15) is 10.1 Å². The number of anilines is 1. The second-order valence-electron chi connectivity index (χ2n) is 5.42. The lowest BCUT2D eigenvalue weighted by atomic mass is 10.1. The van der Waals surface area contributed by atoms with Gasteiger partial charge in [0.15, 0.2) is 11.5 Å². The zero-order valence-corrected chi connectivity index (χ0v) is 15.6. The summed E-state index contributed by atoms with van der Waals surface area (Å²) in [7, 11) is 1.55. The lowest BCUT2D eigenvalue weighted by Crippen LogP contribution is -2.13. The molecule has 140 valence electrons. The molecule has 2 rings (SSSR count). The average Bonchev–Trinajstić information content (AvgIpc) is 2.68. The number of hydrogen-bond acceptors (Lipinski definition) is 5. The molecule has 2 aromatic carbocycles. The Labute approximate surface area is 159 Å². The van der Waals surface area contributed by atoms with E-state index in [2.05, 4.69) is 5.32 Å². The number of methoxy groups -OCH3 is 1. The monoisotopic (exact) mass is 366 g/mol. The smallest absolute Gasteiger partial charge is 0.266 e. The molecule has 0 aromatic heterocycles. The Morgan fingerprint density at radius 2 is 1.78 bits per heavy atom. The molecule has 6 nitrogen and oxygen atoms in total. The van der Waals surface area contributed by atoms with Crippen LogP contribution in [0.15, 0.2) is 48.0 Å². The predicted molar refractivity (Wildman–Crippen MR) is 104 cm³/mol. The van der Waals surface area contributed by atoms with E-state index in [-0.39, 0.29) is 5.57 Å². The van der Waals surface area contributed by atoms with Crippen LogP contribution in [0.1, 0.15) is 19.4 Å². The molecule has 27 heavy (non-hydrogen) atoms. The number of carbonyl (C=O) groups excluding carboxylic acids is 1. The van der Waals surface area contributed by atoms with Crippen LogP contribution in [0, 0.1) is 11.3 Å². The van der Waals surface area contributed by atoms with Gasteiger partial charge in [-0.15, -0.1) is 0 Å². The first-order valence-corrected chi connectivity index (χ1v) is 8.58. The van der Waals surface area contributed by atoms with Gasteiger partial charge in [-0.25, -0.2) is 0 Å². The van der Waals surface area contributed by atoms with Crippen molar-refractivity contribution in [2.75, 3.05) is 25.6 Å². The van der Waals surface area contributed by atoms with Crippen LogP contribution >= 0.6 is 0 Å². The fraction of sp³-hybridized carbons (Fsp3) is 0.238. The van der Waals surface area contributed by atoms with Gasteiger partial charge in [-0.3, -0.25) is 4.79 Å². The van der Waals surface area contributed by atoms with Gasteiger partial charge in [0.05, 0.1) is 20.3 Å². The maximum absolute atomic E-state index is 12.4. The second-order valence-corrected chi connectivity index (χ2v) is 5.42. The summed E-state index contributed by atoms with van der Waals surface area (Å²) in [4.78, 5) is 12.4. The molecular formula is C21H22N2O4. The number of nitrogens with zero attached hydrogens (tertiary/aromatic N) is 1. The van der Waals surface area contributed by atoms with Crippen molar-refractivity contribution >= 4 is 17.7 Å². The predicted octanol–water partition coefficient (Wildman–Crippen LogP) is 4.04. The summed E-state index contributed by atoms with van der Waals surface area (Å²) in [6.07, 6.45) is 1.51. The Kier molecular flexibility index (Phi) is 7.26. The Morgan fingerprint density at radius 3 is 2.37 bits per heavy atom. The van der Waals surface area contributed by atoms with Crippen LogP contribution in [0.4, 0.5) is 5.69 Å². The van der Waals surface area contributed by atoms with Crippen LogP contribution in [-0.2, 0) is 4.79 Å². The van der Waals surface area contributed by atoms with Crippen molar-refractivity contribution in [1.29, 1.82) is 5.26 Å². The number of hydrogen-bond donors (Lipinski definition) is 1. The average molecular weight is 366 g/mol. The van der Waals surface area contributed by atoms with Crippen LogP contribution in [0.2, 0.25) is 0 Å². The van der Waals surface area contributed by atoms with Gasteiger partial charge < -0.3 is 19.5 Å². The molecule has 0 atom stereocenters. The molecule has 1 N–H and O–H groups in total. The van der Waals surface area contributed by atoms with E-state index in [1.807, 2.05) is 19.9 Å². The van der Waals surface area contributed by atoms with Crippen molar-refractivity contribution in [3.8, 4) is 23.3 Å². The van der Waals surface area contributed by atoms with E-state index in [1.165, 1.54) is 6.08 Å². The molecule has 2 aromatic rings. The maximum atomic E-state index is 12.4. The molecular weight excluding hydrogens is 344 g/mol. The van der Waals surface area contributed by atoms with Crippen molar-refractivity contribution < 1.29 is 19.0 Å². The lowest BCUT2D eigenvalue weighted by Gasteiger charge is -2.10. The Balaban J connectivity index is 2.18. The molecule has 0 aliphatic rings. The number of carbonyl (C=O) groups is 1. The number of amides is 1. The zero-order chi connectivity index (χ0) is 19.6. The molecule has 0 aliphatic heterocycles. The van der Waals surface area contributed by atoms with E-state index in [0.29, 0.717) is 41.7 Å². The van der Waals surface area contributed by atoms with E-state index >= 15 is 0 Å². The fourth-order valence-corrected chi connectivity index (χ4v) is 2.37. The molecule has 0 fully saturated rings. The number of rotatable bonds is 8. The highest BCUT2D eigenvalue weighted by atomic mass is 16.5. The Morgan fingerprint density at radius 1 is 1.07 bits per heavy atom. The van der Waals surface area contributed by atoms with Gasteiger partial charge in [0, 0.05) is 5.69 Å². The van der Waals surface area contributed by atoms with Gasteiger partial charge in [-0.2, -0.15) is 5.26 Å². The van der Waals surface area contributed by atoms with Gasteiger partial charge in [0.25, 0.3) is 5.91 Å². The fourth-order valence-electron chi connectivity index (χ4n) is 2.37. The third kappa shape index (κ3) is 5.51. The first-order chi connectivity index (χ1) is 13.1. The first-order valence-electron chi connectivity index (χ1n) is 8.58. The standard InChI is InChI=1S/C21H22N2O4/c1-4-26-18-9-7-17(8-10-18)23-21(24)16(14-22)12-15-6-11-19(25-3)20(13-15)27-5-2/h6-13H,4-5H2,1-3H3,(H,23,24). The minimum absolute atomic E-state index is 0.0171. The van der Waals surface area contributed by atoms with E-state index in [1.54, 1.807) is 49.6 Å². The molecule has 1 amide bonds. The topological polar surface area (TPSA) is 80.6 Å². The summed E-state index contributed by atoms with van der Waals surface area (Å²) in [6, 6.07) is 14.1. The van der Waals surface area contributed by atoms with Crippen LogP contribution < -0.4 is 19.5 Å². The quantitative estimate of drug-likeness (QED) is 0.563. The van der Waals surface area contributed by atoms with Gasteiger partial charge in [-0.05, 0) is 61.9 Å². The van der Waals surface area contributed by atoms with Crippen molar-refractivity contribution in [3.63, 3.8) is 0 Å². The molecule has 0 radical (unpaired) electrons. The summed E-state index contributed by atoms with van der Waals surface area (Å²) in [6.45, 7) is 4.81. The molecule has 0 saturated heterocycles. The molecule has 0 heterocycles. The highest BCUT2D eigenvalue weighted by Gasteiger charge is 2.11. The SMILES string of the molecule is CCOc1ccc(NC(=O)C(C#N)=Cc2ccc(OC)c(OCC)c2)cc1. The summed E-state index contributed by atoms with van der Waals surface area (Å²) in [5.41, 5.74) is 1.23. The first kappa shape index (κ1) is 19.9. The third-order valence-corrected chi connectivity index (χ3v) is 3.59. The number of nitrogens with one attached hydrogen (secondary N) is 1. The number of benzene rings is 2. The van der Waals surface area contributed by atoms with Gasteiger partial charge in [-0.1, -0.05) is 6.07 Å². The summed E-state index contributed by atoms with van der Waals surface area (Å²) in [5.74, 6) is 1.37. The van der Waals surface area contributed by atoms with Crippen LogP contribution in [0.5, 0.6) is 17.2 Å². The summed E-state index contributed by atoms with van der Waals surface area (Å²) >= 11 is 0. The van der Waals surface area contributed by atoms with Gasteiger partial charge in [0.2, 0.25) is 0 Å². The lowest BCUT2D eigenvalue weighted by molar-refractivity contribution is -0.112.